The number of carbonyl (C=O) groups excluding carboxylic acids is 1. The molecule has 5 heteroatoms. The second-order valence-electron chi connectivity index (χ2n) is 6.66. The minimum Gasteiger partial charge on any atom is -0.338 e. The first-order valence-corrected chi connectivity index (χ1v) is 9.23. The average Bonchev–Trinajstić information content (AvgIpc) is 3.19. The van der Waals surface area contributed by atoms with Crippen LogP contribution in [0.15, 0.2) is 60.8 Å². The van der Waals surface area contributed by atoms with Crippen LogP contribution in [0.2, 0.25) is 5.02 Å². The van der Waals surface area contributed by atoms with Crippen LogP contribution in [0.3, 0.4) is 0 Å². The molecule has 3 aromatic rings. The molecule has 0 radical (unpaired) electrons. The number of hydrogen-bond donors (Lipinski definition) is 1. The zero-order chi connectivity index (χ0) is 17.9. The van der Waals surface area contributed by atoms with E-state index < -0.39 is 0 Å². The number of H-pyrrole nitrogens is 1. The number of hydrogen-bond acceptors (Lipinski definition) is 2. The summed E-state index contributed by atoms with van der Waals surface area (Å²) in [6, 6.07) is 17.4. The van der Waals surface area contributed by atoms with Gasteiger partial charge in [-0.25, -0.2) is 0 Å². The molecule has 132 valence electrons. The van der Waals surface area contributed by atoms with E-state index in [0.717, 1.165) is 36.2 Å². The molecule has 0 spiro atoms. The summed E-state index contributed by atoms with van der Waals surface area (Å²) in [6.07, 6.45) is 3.91. The monoisotopic (exact) mass is 365 g/mol. The lowest BCUT2D eigenvalue weighted by Crippen LogP contribution is -2.39. The number of amides is 1. The van der Waals surface area contributed by atoms with Crippen molar-refractivity contribution in [3.63, 3.8) is 0 Å². The lowest BCUT2D eigenvalue weighted by molar-refractivity contribution is 0.0706. The average molecular weight is 366 g/mol. The number of nitrogens with one attached hydrogen (secondary N) is 1. The van der Waals surface area contributed by atoms with Gasteiger partial charge in [0.2, 0.25) is 0 Å². The summed E-state index contributed by atoms with van der Waals surface area (Å²) in [5.41, 5.74) is 4.07. The largest absolute Gasteiger partial charge is 0.338 e. The van der Waals surface area contributed by atoms with Gasteiger partial charge in [0, 0.05) is 40.9 Å². The van der Waals surface area contributed by atoms with Crippen LogP contribution in [-0.4, -0.2) is 34.1 Å². The van der Waals surface area contributed by atoms with E-state index in [2.05, 4.69) is 22.3 Å². The van der Waals surface area contributed by atoms with Crippen LogP contribution in [0.1, 0.15) is 34.8 Å². The Morgan fingerprint density at radius 1 is 1.12 bits per heavy atom. The Hall–Kier alpha value is -2.59. The molecule has 1 atom stereocenters. The number of nitrogens with zero attached hydrogens (tertiary/aromatic N) is 2. The highest BCUT2D eigenvalue weighted by atomic mass is 35.5. The van der Waals surface area contributed by atoms with E-state index >= 15 is 0 Å². The summed E-state index contributed by atoms with van der Waals surface area (Å²) < 4.78 is 0. The zero-order valence-corrected chi connectivity index (χ0v) is 15.1. The molecule has 0 unspecified atom stereocenters. The highest BCUT2D eigenvalue weighted by molar-refractivity contribution is 6.30. The van der Waals surface area contributed by atoms with E-state index in [1.165, 1.54) is 0 Å². The first kappa shape index (κ1) is 16.9. The molecule has 1 fully saturated rings. The number of aromatic nitrogens is 2. The van der Waals surface area contributed by atoms with Crippen LogP contribution < -0.4 is 0 Å². The summed E-state index contributed by atoms with van der Waals surface area (Å²) in [6.45, 7) is 1.48. The second kappa shape index (κ2) is 7.34. The number of carbonyl (C=O) groups is 1. The molecule has 0 aliphatic carbocycles. The standard InChI is InChI=1S/C21H20ClN3O/c22-18-10-8-16(9-11-18)21(26)25-12-4-7-17(14-25)20-19(13-23-24-20)15-5-2-1-3-6-15/h1-3,5-6,8-11,13,17H,4,7,12,14H2,(H,23,24)/t17-/m1/s1. The van der Waals surface area contributed by atoms with Crippen LogP contribution in [0.25, 0.3) is 11.1 Å². The van der Waals surface area contributed by atoms with Crippen molar-refractivity contribution in [2.75, 3.05) is 13.1 Å². The summed E-state index contributed by atoms with van der Waals surface area (Å²) in [4.78, 5) is 14.8. The van der Waals surface area contributed by atoms with Gasteiger partial charge in [0.05, 0.1) is 6.20 Å². The van der Waals surface area contributed by atoms with Crippen molar-refractivity contribution >= 4 is 17.5 Å². The molecule has 1 amide bonds. The van der Waals surface area contributed by atoms with E-state index in [9.17, 15) is 4.79 Å². The first-order valence-electron chi connectivity index (χ1n) is 8.86. The normalized spacial score (nSPS) is 17.3. The third-order valence-electron chi connectivity index (χ3n) is 4.96. The fraction of sp³-hybridized carbons (Fsp3) is 0.238. The second-order valence-corrected chi connectivity index (χ2v) is 7.10. The zero-order valence-electron chi connectivity index (χ0n) is 14.4. The molecule has 1 aliphatic heterocycles. The third-order valence-corrected chi connectivity index (χ3v) is 5.21. The highest BCUT2D eigenvalue weighted by Crippen LogP contribution is 2.33. The van der Waals surface area contributed by atoms with E-state index in [0.29, 0.717) is 17.1 Å². The van der Waals surface area contributed by atoms with Gasteiger partial charge in [0.15, 0.2) is 0 Å². The fourth-order valence-electron chi connectivity index (χ4n) is 3.63. The van der Waals surface area contributed by atoms with Gasteiger partial charge in [-0.3, -0.25) is 9.89 Å². The Labute approximate surface area is 157 Å². The number of halogens is 1. The van der Waals surface area contributed by atoms with E-state index in [4.69, 9.17) is 11.6 Å². The number of benzene rings is 2. The van der Waals surface area contributed by atoms with E-state index in [1.54, 1.807) is 24.3 Å². The summed E-state index contributed by atoms with van der Waals surface area (Å²) in [7, 11) is 0. The molecular weight excluding hydrogens is 346 g/mol. The smallest absolute Gasteiger partial charge is 0.253 e. The van der Waals surface area contributed by atoms with Crippen molar-refractivity contribution in [3.05, 3.63) is 77.1 Å². The minimum absolute atomic E-state index is 0.0622. The van der Waals surface area contributed by atoms with E-state index in [1.807, 2.05) is 29.3 Å². The Kier molecular flexibility index (Phi) is 4.76. The molecule has 26 heavy (non-hydrogen) atoms. The molecule has 1 saturated heterocycles. The van der Waals surface area contributed by atoms with E-state index in [-0.39, 0.29) is 11.8 Å². The SMILES string of the molecule is O=C(c1ccc(Cl)cc1)N1CCC[C@@H](c2[nH]ncc2-c2ccccc2)C1. The van der Waals surface area contributed by atoms with Crippen molar-refractivity contribution in [1.82, 2.24) is 15.1 Å². The molecule has 0 saturated carbocycles. The molecule has 2 aromatic carbocycles. The van der Waals surface area contributed by atoms with Crippen molar-refractivity contribution in [2.45, 2.75) is 18.8 Å². The van der Waals surface area contributed by atoms with Crippen LogP contribution in [0, 0.1) is 0 Å². The topological polar surface area (TPSA) is 49.0 Å². The van der Waals surface area contributed by atoms with Gasteiger partial charge in [0.25, 0.3) is 5.91 Å². The van der Waals surface area contributed by atoms with Crippen molar-refractivity contribution < 1.29 is 4.79 Å². The number of aromatic amines is 1. The number of piperidine rings is 1. The van der Waals surface area contributed by atoms with Gasteiger partial charge in [0.1, 0.15) is 0 Å². The van der Waals surface area contributed by atoms with Crippen LogP contribution >= 0.6 is 11.6 Å². The molecular formula is C21H20ClN3O. The summed E-state index contributed by atoms with van der Waals surface area (Å²) >= 11 is 5.93. The predicted molar refractivity (Wildman–Crippen MR) is 103 cm³/mol. The van der Waals surface area contributed by atoms with Crippen molar-refractivity contribution in [2.24, 2.45) is 0 Å². The van der Waals surface area contributed by atoms with Gasteiger partial charge < -0.3 is 4.90 Å². The maximum Gasteiger partial charge on any atom is 0.253 e. The van der Waals surface area contributed by atoms with Crippen LogP contribution in [0.5, 0.6) is 0 Å². The maximum absolute atomic E-state index is 12.8. The van der Waals surface area contributed by atoms with Gasteiger partial charge >= 0.3 is 0 Å². The van der Waals surface area contributed by atoms with Gasteiger partial charge in [-0.15, -0.1) is 0 Å². The molecule has 0 bridgehead atoms. The lowest BCUT2D eigenvalue weighted by atomic mass is 9.90. The molecule has 4 rings (SSSR count). The molecule has 1 N–H and O–H groups in total. The Bertz CT molecular complexity index is 889. The van der Waals surface area contributed by atoms with Gasteiger partial charge in [-0.1, -0.05) is 41.9 Å². The fourth-order valence-corrected chi connectivity index (χ4v) is 3.75. The molecule has 1 aromatic heterocycles. The highest BCUT2D eigenvalue weighted by Gasteiger charge is 2.28. The molecule has 2 heterocycles. The molecule has 4 nitrogen and oxygen atoms in total. The Morgan fingerprint density at radius 3 is 2.65 bits per heavy atom. The van der Waals surface area contributed by atoms with Crippen LogP contribution in [-0.2, 0) is 0 Å². The third kappa shape index (κ3) is 3.37. The van der Waals surface area contributed by atoms with Crippen LogP contribution in [0.4, 0.5) is 0 Å². The first-order chi connectivity index (χ1) is 12.7. The quantitative estimate of drug-likeness (QED) is 0.728. The van der Waals surface area contributed by atoms with Crippen molar-refractivity contribution in [3.8, 4) is 11.1 Å². The van der Waals surface area contributed by atoms with Crippen molar-refractivity contribution in [1.29, 1.82) is 0 Å². The Balaban J connectivity index is 1.55. The van der Waals surface area contributed by atoms with Gasteiger partial charge in [-0.2, -0.15) is 5.10 Å². The minimum atomic E-state index is 0.0622. The number of rotatable bonds is 3. The Morgan fingerprint density at radius 2 is 1.88 bits per heavy atom. The lowest BCUT2D eigenvalue weighted by Gasteiger charge is -2.33. The molecule has 1 aliphatic rings. The van der Waals surface area contributed by atoms with Gasteiger partial charge in [-0.05, 0) is 42.7 Å². The summed E-state index contributed by atoms with van der Waals surface area (Å²) in [5, 5.41) is 8.09. The maximum atomic E-state index is 12.8. The predicted octanol–water partition coefficient (Wildman–Crippen LogP) is 4.75. The number of likely N-dealkylation sites (tertiary alicyclic amines) is 1. The summed E-state index contributed by atoms with van der Waals surface area (Å²) in [5.74, 6) is 0.324.